The van der Waals surface area contributed by atoms with Crippen LogP contribution < -0.4 is 10.6 Å². The van der Waals surface area contributed by atoms with Gasteiger partial charge in [0.1, 0.15) is 5.82 Å². The quantitative estimate of drug-likeness (QED) is 0.904. The predicted molar refractivity (Wildman–Crippen MR) is 82.5 cm³/mol. The van der Waals surface area contributed by atoms with Crippen LogP contribution in [-0.4, -0.2) is 22.1 Å². The van der Waals surface area contributed by atoms with E-state index in [9.17, 15) is 4.79 Å². The molecular weight excluding hydrogens is 264 g/mol. The van der Waals surface area contributed by atoms with Gasteiger partial charge in [-0.15, -0.1) is 10.2 Å². The number of benzene rings is 1. The molecule has 0 bridgehead atoms. The molecule has 1 saturated carbocycles. The first-order valence-electron chi connectivity index (χ1n) is 7.11. The van der Waals surface area contributed by atoms with Crippen LogP contribution in [0.4, 0.5) is 11.5 Å². The summed E-state index contributed by atoms with van der Waals surface area (Å²) in [4.78, 5) is 12.2. The van der Waals surface area contributed by atoms with Gasteiger partial charge in [-0.05, 0) is 50.5 Å². The van der Waals surface area contributed by atoms with E-state index in [0.29, 0.717) is 11.7 Å². The first kappa shape index (κ1) is 13.5. The summed E-state index contributed by atoms with van der Waals surface area (Å²) in [6, 6.07) is 9.91. The molecule has 0 unspecified atom stereocenters. The number of aromatic nitrogens is 2. The molecule has 0 saturated heterocycles. The minimum atomic E-state index is -0.243. The molecule has 5 heteroatoms. The third-order valence-corrected chi connectivity index (χ3v) is 3.46. The Morgan fingerprint density at radius 3 is 2.57 bits per heavy atom. The number of carbonyl (C=O) groups is 1. The highest BCUT2D eigenvalue weighted by molar-refractivity contribution is 6.03. The Morgan fingerprint density at radius 1 is 1.14 bits per heavy atom. The second-order valence-electron chi connectivity index (χ2n) is 5.49. The van der Waals surface area contributed by atoms with Crippen molar-refractivity contribution in [2.24, 2.45) is 0 Å². The molecule has 1 aromatic heterocycles. The van der Waals surface area contributed by atoms with Crippen molar-refractivity contribution in [2.75, 3.05) is 10.6 Å². The molecule has 1 fully saturated rings. The molecule has 0 radical (unpaired) electrons. The van der Waals surface area contributed by atoms with E-state index in [1.807, 2.05) is 32.0 Å². The van der Waals surface area contributed by atoms with Crippen molar-refractivity contribution in [1.82, 2.24) is 10.2 Å². The van der Waals surface area contributed by atoms with Crippen LogP contribution in [0.15, 0.2) is 30.3 Å². The molecule has 2 aromatic rings. The van der Waals surface area contributed by atoms with Crippen LogP contribution in [0, 0.1) is 13.8 Å². The first-order chi connectivity index (χ1) is 10.1. The largest absolute Gasteiger partial charge is 0.366 e. The SMILES string of the molecule is Cc1ccc(NC(=O)c2ccc(NC3CC3)nn2)c(C)c1. The van der Waals surface area contributed by atoms with Gasteiger partial charge < -0.3 is 10.6 Å². The second kappa shape index (κ2) is 5.52. The number of amides is 1. The highest BCUT2D eigenvalue weighted by Crippen LogP contribution is 2.23. The van der Waals surface area contributed by atoms with E-state index in [4.69, 9.17) is 0 Å². The zero-order valence-corrected chi connectivity index (χ0v) is 12.2. The maximum Gasteiger partial charge on any atom is 0.276 e. The zero-order valence-electron chi connectivity index (χ0n) is 12.2. The summed E-state index contributed by atoms with van der Waals surface area (Å²) in [7, 11) is 0. The number of carbonyl (C=O) groups excluding carboxylic acids is 1. The van der Waals surface area contributed by atoms with E-state index in [1.165, 1.54) is 18.4 Å². The molecule has 1 amide bonds. The standard InChI is InChI=1S/C16H18N4O/c1-10-3-6-13(11(2)9-10)18-16(21)14-7-8-15(20-19-14)17-12-4-5-12/h3,6-9,12H,4-5H2,1-2H3,(H,17,20)(H,18,21). The lowest BCUT2D eigenvalue weighted by Crippen LogP contribution is -2.15. The average molecular weight is 282 g/mol. The van der Waals surface area contributed by atoms with E-state index >= 15 is 0 Å². The molecule has 0 spiro atoms. The lowest BCUT2D eigenvalue weighted by molar-refractivity contribution is 0.102. The molecule has 5 nitrogen and oxygen atoms in total. The summed E-state index contributed by atoms with van der Waals surface area (Å²) in [6.07, 6.45) is 2.35. The molecule has 21 heavy (non-hydrogen) atoms. The number of hydrogen-bond donors (Lipinski definition) is 2. The van der Waals surface area contributed by atoms with Crippen LogP contribution in [0.3, 0.4) is 0 Å². The van der Waals surface area contributed by atoms with Gasteiger partial charge in [-0.3, -0.25) is 4.79 Å². The third-order valence-electron chi connectivity index (χ3n) is 3.46. The highest BCUT2D eigenvalue weighted by Gasteiger charge is 2.21. The number of nitrogens with one attached hydrogen (secondary N) is 2. The van der Waals surface area contributed by atoms with Gasteiger partial charge in [0.15, 0.2) is 5.69 Å². The monoisotopic (exact) mass is 282 g/mol. The smallest absolute Gasteiger partial charge is 0.276 e. The van der Waals surface area contributed by atoms with E-state index in [0.717, 1.165) is 17.1 Å². The van der Waals surface area contributed by atoms with Gasteiger partial charge in [-0.25, -0.2) is 0 Å². The first-order valence-corrected chi connectivity index (χ1v) is 7.11. The van der Waals surface area contributed by atoms with Crippen molar-refractivity contribution in [2.45, 2.75) is 32.7 Å². The van der Waals surface area contributed by atoms with Crippen LogP contribution in [0.5, 0.6) is 0 Å². The molecule has 108 valence electrons. The Hall–Kier alpha value is -2.43. The minimum Gasteiger partial charge on any atom is -0.366 e. The molecule has 0 aliphatic heterocycles. The van der Waals surface area contributed by atoms with Crippen molar-refractivity contribution in [3.8, 4) is 0 Å². The minimum absolute atomic E-state index is 0.243. The van der Waals surface area contributed by atoms with Gasteiger partial charge in [-0.2, -0.15) is 0 Å². The average Bonchev–Trinajstić information content (AvgIpc) is 3.26. The normalized spacial score (nSPS) is 13.8. The summed E-state index contributed by atoms with van der Waals surface area (Å²) >= 11 is 0. The molecule has 3 rings (SSSR count). The number of anilines is 2. The Bertz CT molecular complexity index is 662. The maximum absolute atomic E-state index is 12.2. The summed E-state index contributed by atoms with van der Waals surface area (Å²) in [6.45, 7) is 3.99. The molecular formula is C16H18N4O. The maximum atomic E-state index is 12.2. The van der Waals surface area contributed by atoms with Crippen LogP contribution >= 0.6 is 0 Å². The van der Waals surface area contributed by atoms with Gasteiger partial charge in [0, 0.05) is 11.7 Å². The van der Waals surface area contributed by atoms with Crippen LogP contribution in [0.1, 0.15) is 34.5 Å². The molecule has 2 N–H and O–H groups in total. The van der Waals surface area contributed by atoms with Crippen LogP contribution in [0.25, 0.3) is 0 Å². The molecule has 1 aliphatic carbocycles. The van der Waals surface area contributed by atoms with Gasteiger partial charge in [0.2, 0.25) is 0 Å². The van der Waals surface area contributed by atoms with E-state index < -0.39 is 0 Å². The van der Waals surface area contributed by atoms with Crippen LogP contribution in [0.2, 0.25) is 0 Å². The fourth-order valence-corrected chi connectivity index (χ4v) is 2.11. The molecule has 0 atom stereocenters. The Balaban J connectivity index is 1.69. The molecule has 1 aromatic carbocycles. The van der Waals surface area contributed by atoms with Crippen LogP contribution in [-0.2, 0) is 0 Å². The van der Waals surface area contributed by atoms with Crippen molar-refractivity contribution < 1.29 is 4.79 Å². The fraction of sp³-hybridized carbons (Fsp3) is 0.312. The number of aryl methyl sites for hydroxylation is 2. The van der Waals surface area contributed by atoms with E-state index in [1.54, 1.807) is 12.1 Å². The summed E-state index contributed by atoms with van der Waals surface area (Å²) in [5, 5.41) is 14.1. The number of nitrogens with zero attached hydrogens (tertiary/aromatic N) is 2. The van der Waals surface area contributed by atoms with Gasteiger partial charge in [0.05, 0.1) is 0 Å². The van der Waals surface area contributed by atoms with Gasteiger partial charge in [-0.1, -0.05) is 17.7 Å². The Morgan fingerprint density at radius 2 is 1.95 bits per heavy atom. The van der Waals surface area contributed by atoms with Crippen molar-refractivity contribution >= 4 is 17.4 Å². The predicted octanol–water partition coefficient (Wildman–Crippen LogP) is 2.92. The second-order valence-corrected chi connectivity index (χ2v) is 5.49. The molecule has 1 aliphatic rings. The highest BCUT2D eigenvalue weighted by atomic mass is 16.1. The van der Waals surface area contributed by atoms with Gasteiger partial charge >= 0.3 is 0 Å². The summed E-state index contributed by atoms with van der Waals surface area (Å²) < 4.78 is 0. The zero-order chi connectivity index (χ0) is 14.8. The summed E-state index contributed by atoms with van der Waals surface area (Å²) in [5.41, 5.74) is 3.31. The van der Waals surface area contributed by atoms with Crippen molar-refractivity contribution in [3.63, 3.8) is 0 Å². The number of rotatable bonds is 4. The van der Waals surface area contributed by atoms with Gasteiger partial charge in [0.25, 0.3) is 5.91 Å². The Kier molecular flexibility index (Phi) is 3.56. The number of hydrogen-bond acceptors (Lipinski definition) is 4. The summed E-state index contributed by atoms with van der Waals surface area (Å²) in [5.74, 6) is 0.480. The van der Waals surface area contributed by atoms with E-state index in [-0.39, 0.29) is 5.91 Å². The lowest BCUT2D eigenvalue weighted by atomic mass is 10.1. The topological polar surface area (TPSA) is 66.9 Å². The lowest BCUT2D eigenvalue weighted by Gasteiger charge is -2.09. The Labute approximate surface area is 123 Å². The van der Waals surface area contributed by atoms with E-state index in [2.05, 4.69) is 20.8 Å². The third kappa shape index (κ3) is 3.37. The van der Waals surface area contributed by atoms with Crippen molar-refractivity contribution in [3.05, 3.63) is 47.2 Å². The fourth-order valence-electron chi connectivity index (χ4n) is 2.11. The molecule has 1 heterocycles. The van der Waals surface area contributed by atoms with Crippen molar-refractivity contribution in [1.29, 1.82) is 0 Å².